The predicted molar refractivity (Wildman–Crippen MR) is 239 cm³/mol. The van der Waals surface area contributed by atoms with Crippen LogP contribution in [0.5, 0.6) is 0 Å². The van der Waals surface area contributed by atoms with Crippen molar-refractivity contribution in [2.45, 2.75) is 0 Å². The maximum absolute atomic E-state index is 6.27. The fraction of sp³-hybridized carbons (Fsp3) is 0. The van der Waals surface area contributed by atoms with Crippen molar-refractivity contribution in [3.05, 3.63) is 194 Å². The highest BCUT2D eigenvalue weighted by Crippen LogP contribution is 2.43. The quantitative estimate of drug-likeness (QED) is 0.176. The van der Waals surface area contributed by atoms with Crippen LogP contribution in [0.25, 0.3) is 91.5 Å². The van der Waals surface area contributed by atoms with Gasteiger partial charge >= 0.3 is 0 Å². The molecule has 3 aromatic heterocycles. The summed E-state index contributed by atoms with van der Waals surface area (Å²) in [5.41, 5.74) is 10.9. The van der Waals surface area contributed by atoms with Gasteiger partial charge in [0.2, 0.25) is 0 Å². The van der Waals surface area contributed by atoms with Gasteiger partial charge in [-0.05, 0) is 113 Å². The molecular formula is C52H32N2OS. The van der Waals surface area contributed by atoms with Gasteiger partial charge in [-0.2, -0.15) is 0 Å². The minimum absolute atomic E-state index is 0.884. The Morgan fingerprint density at radius 1 is 0.375 bits per heavy atom. The summed E-state index contributed by atoms with van der Waals surface area (Å²) in [6.07, 6.45) is 0. The maximum Gasteiger partial charge on any atom is 0.135 e. The molecule has 12 aromatic rings. The van der Waals surface area contributed by atoms with Crippen LogP contribution < -0.4 is 4.90 Å². The van der Waals surface area contributed by atoms with E-state index in [1.54, 1.807) is 0 Å². The van der Waals surface area contributed by atoms with Gasteiger partial charge in [0, 0.05) is 64.5 Å². The molecule has 0 aliphatic rings. The van der Waals surface area contributed by atoms with Crippen LogP contribution in [-0.4, -0.2) is 4.57 Å². The van der Waals surface area contributed by atoms with Gasteiger partial charge in [0.1, 0.15) is 11.2 Å². The van der Waals surface area contributed by atoms with Crippen molar-refractivity contribution in [2.24, 2.45) is 0 Å². The van der Waals surface area contributed by atoms with Gasteiger partial charge in [-0.15, -0.1) is 11.3 Å². The second-order valence-electron chi connectivity index (χ2n) is 14.6. The van der Waals surface area contributed by atoms with Gasteiger partial charge in [-0.25, -0.2) is 0 Å². The van der Waals surface area contributed by atoms with Crippen LogP contribution in [0.1, 0.15) is 0 Å². The largest absolute Gasteiger partial charge is 0.456 e. The molecule has 0 bridgehead atoms. The molecule has 9 aromatic carbocycles. The van der Waals surface area contributed by atoms with Crippen molar-refractivity contribution in [1.82, 2.24) is 4.57 Å². The van der Waals surface area contributed by atoms with Crippen LogP contribution in [0.15, 0.2) is 199 Å². The summed E-state index contributed by atoms with van der Waals surface area (Å²) in [5, 5.41) is 9.71. The highest BCUT2D eigenvalue weighted by atomic mass is 32.1. The van der Waals surface area contributed by atoms with Gasteiger partial charge < -0.3 is 13.9 Å². The van der Waals surface area contributed by atoms with Gasteiger partial charge in [0.05, 0.1) is 11.0 Å². The first-order valence-corrected chi connectivity index (χ1v) is 19.8. The Kier molecular flexibility index (Phi) is 6.80. The molecule has 0 unspecified atom stereocenters. The molecule has 0 fully saturated rings. The first kappa shape index (κ1) is 31.2. The summed E-state index contributed by atoms with van der Waals surface area (Å²) >= 11 is 1.86. The molecule has 0 N–H and O–H groups in total. The third kappa shape index (κ3) is 4.83. The minimum Gasteiger partial charge on any atom is -0.456 e. The predicted octanol–water partition coefficient (Wildman–Crippen LogP) is 15.3. The summed E-state index contributed by atoms with van der Waals surface area (Å²) in [5.74, 6) is 0. The number of nitrogens with zero attached hydrogens (tertiary/aromatic N) is 2. The van der Waals surface area contributed by atoms with Gasteiger partial charge in [-0.1, -0.05) is 103 Å². The monoisotopic (exact) mass is 732 g/mol. The van der Waals surface area contributed by atoms with Crippen LogP contribution in [0.3, 0.4) is 0 Å². The van der Waals surface area contributed by atoms with Crippen molar-refractivity contribution in [3.8, 4) is 16.8 Å². The third-order valence-electron chi connectivity index (χ3n) is 11.3. The normalized spacial score (nSPS) is 11.9. The molecule has 3 nitrogen and oxygen atoms in total. The van der Waals surface area contributed by atoms with E-state index in [4.69, 9.17) is 4.42 Å². The Morgan fingerprint density at radius 2 is 1.04 bits per heavy atom. The SMILES string of the molecule is c1ccc(-n2c3ccc(-c4ccc5sc6ccccc6c5c4)cc3c3ccc(N(c4ccc5ccccc5c4)c4ccc5oc6ccccc6c5c4)cc32)cc1. The number of hydrogen-bond donors (Lipinski definition) is 0. The minimum atomic E-state index is 0.884. The molecule has 0 atom stereocenters. The van der Waals surface area contributed by atoms with Crippen molar-refractivity contribution in [3.63, 3.8) is 0 Å². The zero-order valence-corrected chi connectivity index (χ0v) is 31.0. The number of rotatable bonds is 5. The molecule has 12 rings (SSSR count). The average Bonchev–Trinajstić information content (AvgIpc) is 3.92. The zero-order valence-electron chi connectivity index (χ0n) is 30.2. The fourth-order valence-electron chi connectivity index (χ4n) is 8.71. The molecule has 56 heavy (non-hydrogen) atoms. The Morgan fingerprint density at radius 3 is 1.95 bits per heavy atom. The van der Waals surface area contributed by atoms with Crippen LogP contribution in [-0.2, 0) is 0 Å². The Balaban J connectivity index is 1.08. The number of hydrogen-bond acceptors (Lipinski definition) is 3. The lowest BCUT2D eigenvalue weighted by atomic mass is 10.0. The van der Waals surface area contributed by atoms with Crippen LogP contribution in [0.4, 0.5) is 17.1 Å². The van der Waals surface area contributed by atoms with Crippen molar-refractivity contribution < 1.29 is 4.42 Å². The number of fused-ring (bicyclic) bond motifs is 10. The lowest BCUT2D eigenvalue weighted by Crippen LogP contribution is -2.10. The highest BCUT2D eigenvalue weighted by Gasteiger charge is 2.20. The molecule has 3 heterocycles. The van der Waals surface area contributed by atoms with Gasteiger partial charge in [0.15, 0.2) is 0 Å². The number of aromatic nitrogens is 1. The van der Waals surface area contributed by atoms with E-state index in [1.807, 2.05) is 23.5 Å². The highest BCUT2D eigenvalue weighted by molar-refractivity contribution is 7.25. The van der Waals surface area contributed by atoms with Crippen LogP contribution in [0.2, 0.25) is 0 Å². The number of thiophene rings is 1. The molecule has 4 heteroatoms. The van der Waals surface area contributed by atoms with Gasteiger partial charge in [0.25, 0.3) is 0 Å². The average molecular weight is 733 g/mol. The second-order valence-corrected chi connectivity index (χ2v) is 15.6. The van der Waals surface area contributed by atoms with Crippen molar-refractivity contribution in [2.75, 3.05) is 4.90 Å². The lowest BCUT2D eigenvalue weighted by Gasteiger charge is -2.26. The van der Waals surface area contributed by atoms with Gasteiger partial charge in [-0.3, -0.25) is 0 Å². The molecule has 0 spiro atoms. The molecule has 262 valence electrons. The molecule has 0 saturated carbocycles. The fourth-order valence-corrected chi connectivity index (χ4v) is 9.79. The summed E-state index contributed by atoms with van der Waals surface area (Å²) in [7, 11) is 0. The third-order valence-corrected chi connectivity index (χ3v) is 12.5. The standard InChI is InChI=1S/C52H32N2OS/c1-2-12-37(13-3-1)54-47-25-19-35(36-20-27-52-46(30-36)43-15-7-9-17-51(43)56-52)29-44(47)41-24-22-40(32-48(41)54)53(38-21-18-33-10-4-5-11-34(33)28-38)39-23-26-50-45(31-39)42-14-6-8-16-49(42)55-50/h1-32H. The first-order chi connectivity index (χ1) is 27.7. The van der Waals surface area contributed by atoms with E-state index in [2.05, 4.69) is 191 Å². The molecule has 0 saturated heterocycles. The number of anilines is 3. The second kappa shape index (κ2) is 12.2. The zero-order chi connectivity index (χ0) is 36.7. The first-order valence-electron chi connectivity index (χ1n) is 19.0. The van der Waals surface area contributed by atoms with E-state index in [-0.39, 0.29) is 0 Å². The van der Waals surface area contributed by atoms with E-state index >= 15 is 0 Å². The molecule has 0 radical (unpaired) electrons. The summed E-state index contributed by atoms with van der Waals surface area (Å²) < 4.78 is 11.3. The summed E-state index contributed by atoms with van der Waals surface area (Å²) in [6, 6.07) is 70.5. The van der Waals surface area contributed by atoms with E-state index in [0.717, 1.165) is 50.2 Å². The van der Waals surface area contributed by atoms with Crippen LogP contribution in [0, 0.1) is 0 Å². The number of benzene rings is 9. The molecule has 0 amide bonds. The number of furan rings is 1. The van der Waals surface area contributed by atoms with E-state index in [0.29, 0.717) is 0 Å². The number of para-hydroxylation sites is 2. The molecule has 0 aliphatic heterocycles. The summed E-state index contributed by atoms with van der Waals surface area (Å²) in [4.78, 5) is 2.38. The Labute approximate surface area is 326 Å². The smallest absolute Gasteiger partial charge is 0.135 e. The Bertz CT molecular complexity index is 3500. The van der Waals surface area contributed by atoms with E-state index in [1.165, 1.54) is 58.4 Å². The topological polar surface area (TPSA) is 21.3 Å². The van der Waals surface area contributed by atoms with Crippen molar-refractivity contribution >= 4 is 103 Å². The Hall–Kier alpha value is -7.14. The maximum atomic E-state index is 6.27. The molecule has 0 aliphatic carbocycles. The van der Waals surface area contributed by atoms with E-state index < -0.39 is 0 Å². The molecular weight excluding hydrogens is 701 g/mol. The van der Waals surface area contributed by atoms with E-state index in [9.17, 15) is 0 Å². The van der Waals surface area contributed by atoms with Crippen LogP contribution >= 0.6 is 11.3 Å². The summed E-state index contributed by atoms with van der Waals surface area (Å²) in [6.45, 7) is 0. The van der Waals surface area contributed by atoms with Crippen molar-refractivity contribution in [1.29, 1.82) is 0 Å². The lowest BCUT2D eigenvalue weighted by molar-refractivity contribution is 0.669.